The molecule has 3 N–H and O–H groups in total. The van der Waals surface area contributed by atoms with Crippen LogP contribution in [0.1, 0.15) is 42.5 Å². The number of benzene rings is 1. The molecule has 1 amide bonds. The number of nitrogen functional groups attached to an aromatic ring is 1. The molecule has 0 saturated heterocycles. The lowest BCUT2D eigenvalue weighted by Crippen LogP contribution is -2.43. The molecule has 0 spiro atoms. The van der Waals surface area contributed by atoms with Crippen LogP contribution in [0.2, 0.25) is 0 Å². The van der Waals surface area contributed by atoms with Crippen molar-refractivity contribution in [3.63, 3.8) is 0 Å². The van der Waals surface area contributed by atoms with E-state index in [1.165, 1.54) is 13.5 Å². The molecule has 1 aliphatic carbocycles. The van der Waals surface area contributed by atoms with Gasteiger partial charge in [-0.05, 0) is 31.0 Å². The van der Waals surface area contributed by atoms with Gasteiger partial charge in [0.15, 0.2) is 0 Å². The van der Waals surface area contributed by atoms with E-state index in [4.69, 9.17) is 10.5 Å². The van der Waals surface area contributed by atoms with Crippen LogP contribution in [0.3, 0.4) is 0 Å². The molecule has 5 nitrogen and oxygen atoms in total. The first-order chi connectivity index (χ1) is 10.2. The van der Waals surface area contributed by atoms with E-state index in [0.717, 1.165) is 25.7 Å². The number of methoxy groups -OCH3 is 1. The first kappa shape index (κ1) is 15.6. The summed E-state index contributed by atoms with van der Waals surface area (Å²) < 4.78 is 5.18. The number of hydrogen-bond donors (Lipinski definition) is 2. The number of aliphatic hydroxyl groups excluding tert-OH is 1. The van der Waals surface area contributed by atoms with Crippen molar-refractivity contribution in [2.75, 3.05) is 26.0 Å². The number of carbonyl (C=O) groups is 1. The summed E-state index contributed by atoms with van der Waals surface area (Å²) in [5.41, 5.74) is 6.86. The summed E-state index contributed by atoms with van der Waals surface area (Å²) >= 11 is 0. The minimum absolute atomic E-state index is 0.0195. The number of nitrogens with zero attached hydrogens (tertiary/aromatic N) is 1. The quantitative estimate of drug-likeness (QED) is 0.814. The van der Waals surface area contributed by atoms with Gasteiger partial charge in [-0.3, -0.25) is 4.79 Å². The van der Waals surface area contributed by atoms with Crippen LogP contribution in [0.25, 0.3) is 0 Å². The summed E-state index contributed by atoms with van der Waals surface area (Å²) in [6.45, 7) is 0.352. The third-order valence-corrected chi connectivity index (χ3v) is 4.10. The predicted octanol–water partition coefficient (Wildman–Crippen LogP) is 2.04. The van der Waals surface area contributed by atoms with Gasteiger partial charge in [-0.15, -0.1) is 0 Å². The maximum Gasteiger partial charge on any atom is 0.254 e. The monoisotopic (exact) mass is 292 g/mol. The van der Waals surface area contributed by atoms with E-state index in [2.05, 4.69) is 0 Å². The van der Waals surface area contributed by atoms with Crippen molar-refractivity contribution < 1.29 is 14.6 Å². The topological polar surface area (TPSA) is 75.8 Å². The summed E-state index contributed by atoms with van der Waals surface area (Å²) in [5.74, 6) is 0.447. The van der Waals surface area contributed by atoms with Crippen molar-refractivity contribution in [3.8, 4) is 5.75 Å². The van der Waals surface area contributed by atoms with Crippen LogP contribution in [-0.4, -0.2) is 42.2 Å². The van der Waals surface area contributed by atoms with Gasteiger partial charge >= 0.3 is 0 Å². The average molecular weight is 292 g/mol. The number of aliphatic hydroxyl groups is 1. The summed E-state index contributed by atoms with van der Waals surface area (Å²) in [6, 6.07) is 5.30. The molecule has 0 atom stereocenters. The molecule has 0 unspecified atom stereocenters. The zero-order chi connectivity index (χ0) is 15.2. The second-order valence-electron chi connectivity index (χ2n) is 5.47. The lowest BCUT2D eigenvalue weighted by atomic mass is 9.93. The third-order valence-electron chi connectivity index (χ3n) is 4.10. The van der Waals surface area contributed by atoms with Gasteiger partial charge in [0.2, 0.25) is 0 Å². The van der Waals surface area contributed by atoms with E-state index in [-0.39, 0.29) is 18.6 Å². The molecule has 116 valence electrons. The Labute approximate surface area is 125 Å². The minimum atomic E-state index is -0.0609. The molecule has 1 saturated carbocycles. The van der Waals surface area contributed by atoms with Crippen molar-refractivity contribution in [1.29, 1.82) is 0 Å². The molecule has 2 rings (SSSR count). The van der Waals surface area contributed by atoms with Crippen LogP contribution in [0.5, 0.6) is 5.75 Å². The molecule has 0 aliphatic heterocycles. The highest BCUT2D eigenvalue weighted by Crippen LogP contribution is 2.26. The van der Waals surface area contributed by atoms with Gasteiger partial charge in [-0.1, -0.05) is 19.3 Å². The Balaban J connectivity index is 2.20. The van der Waals surface area contributed by atoms with Crippen molar-refractivity contribution in [1.82, 2.24) is 4.90 Å². The van der Waals surface area contributed by atoms with Crippen LogP contribution in [0.15, 0.2) is 18.2 Å². The molecule has 1 aromatic carbocycles. The van der Waals surface area contributed by atoms with Gasteiger partial charge in [-0.2, -0.15) is 0 Å². The number of ether oxygens (including phenoxy) is 1. The Kier molecular flexibility index (Phi) is 5.44. The molecule has 0 radical (unpaired) electrons. The summed E-state index contributed by atoms with van der Waals surface area (Å²) in [5, 5.41) is 9.27. The number of nitrogens with two attached hydrogens (primary N) is 1. The highest BCUT2D eigenvalue weighted by atomic mass is 16.5. The second kappa shape index (κ2) is 7.31. The maximum absolute atomic E-state index is 12.7. The third kappa shape index (κ3) is 3.67. The minimum Gasteiger partial charge on any atom is -0.495 e. The number of hydrogen-bond acceptors (Lipinski definition) is 4. The van der Waals surface area contributed by atoms with Crippen LogP contribution in [-0.2, 0) is 0 Å². The number of amides is 1. The lowest BCUT2D eigenvalue weighted by molar-refractivity contribution is 0.0585. The van der Waals surface area contributed by atoms with Gasteiger partial charge in [0.25, 0.3) is 5.91 Å². The van der Waals surface area contributed by atoms with Crippen LogP contribution >= 0.6 is 0 Å². The van der Waals surface area contributed by atoms with E-state index >= 15 is 0 Å². The van der Waals surface area contributed by atoms with Gasteiger partial charge < -0.3 is 20.5 Å². The van der Waals surface area contributed by atoms with Crippen LogP contribution in [0.4, 0.5) is 5.69 Å². The zero-order valence-corrected chi connectivity index (χ0v) is 12.5. The first-order valence-corrected chi connectivity index (χ1v) is 7.52. The van der Waals surface area contributed by atoms with Crippen LogP contribution < -0.4 is 10.5 Å². The fourth-order valence-electron chi connectivity index (χ4n) is 2.96. The molecular weight excluding hydrogens is 268 g/mol. The largest absolute Gasteiger partial charge is 0.495 e. The highest BCUT2D eigenvalue weighted by Gasteiger charge is 2.26. The molecule has 1 fully saturated rings. The van der Waals surface area contributed by atoms with Crippen molar-refractivity contribution in [2.24, 2.45) is 0 Å². The molecule has 0 heterocycles. The van der Waals surface area contributed by atoms with E-state index < -0.39 is 0 Å². The maximum atomic E-state index is 12.7. The van der Waals surface area contributed by atoms with E-state index in [1.807, 2.05) is 0 Å². The summed E-state index contributed by atoms with van der Waals surface area (Å²) in [6.07, 6.45) is 5.54. The Morgan fingerprint density at radius 2 is 2.10 bits per heavy atom. The zero-order valence-electron chi connectivity index (χ0n) is 12.5. The predicted molar refractivity (Wildman–Crippen MR) is 82.4 cm³/mol. The van der Waals surface area contributed by atoms with Crippen molar-refractivity contribution in [3.05, 3.63) is 23.8 Å². The standard InChI is InChI=1S/C16H24N2O3/c1-21-15-11-12(7-8-14(15)17)16(20)18(9-10-19)13-5-3-2-4-6-13/h7-8,11,13,19H,2-6,9-10,17H2,1H3. The summed E-state index contributed by atoms with van der Waals surface area (Å²) in [4.78, 5) is 14.5. The highest BCUT2D eigenvalue weighted by molar-refractivity contribution is 5.95. The second-order valence-corrected chi connectivity index (χ2v) is 5.47. The van der Waals surface area contributed by atoms with E-state index in [1.54, 1.807) is 23.1 Å². The molecular formula is C16H24N2O3. The number of rotatable bonds is 5. The molecule has 21 heavy (non-hydrogen) atoms. The van der Waals surface area contributed by atoms with Gasteiger partial charge in [0.1, 0.15) is 5.75 Å². The van der Waals surface area contributed by atoms with Crippen molar-refractivity contribution >= 4 is 11.6 Å². The molecule has 1 aromatic rings. The fourth-order valence-corrected chi connectivity index (χ4v) is 2.96. The Hall–Kier alpha value is -1.75. The molecule has 1 aliphatic rings. The van der Waals surface area contributed by atoms with Crippen molar-refractivity contribution in [2.45, 2.75) is 38.1 Å². The fraction of sp³-hybridized carbons (Fsp3) is 0.562. The lowest BCUT2D eigenvalue weighted by Gasteiger charge is -2.34. The Morgan fingerprint density at radius 3 is 2.71 bits per heavy atom. The normalized spacial score (nSPS) is 15.7. The van der Waals surface area contributed by atoms with Crippen LogP contribution in [0, 0.1) is 0 Å². The molecule has 0 aromatic heterocycles. The van der Waals surface area contributed by atoms with Gasteiger partial charge in [0.05, 0.1) is 19.4 Å². The smallest absolute Gasteiger partial charge is 0.254 e. The van der Waals surface area contributed by atoms with Gasteiger partial charge in [0, 0.05) is 18.2 Å². The first-order valence-electron chi connectivity index (χ1n) is 7.52. The molecule has 0 bridgehead atoms. The Morgan fingerprint density at radius 1 is 1.38 bits per heavy atom. The SMILES string of the molecule is COc1cc(C(=O)N(CCO)C2CCCCC2)ccc1N. The Bertz CT molecular complexity index is 484. The van der Waals surface area contributed by atoms with E-state index in [0.29, 0.717) is 23.5 Å². The average Bonchev–Trinajstić information content (AvgIpc) is 2.53. The summed E-state index contributed by atoms with van der Waals surface area (Å²) in [7, 11) is 1.53. The molecule has 5 heteroatoms. The van der Waals surface area contributed by atoms with Gasteiger partial charge in [-0.25, -0.2) is 0 Å². The number of carbonyl (C=O) groups excluding carboxylic acids is 1. The number of anilines is 1. The van der Waals surface area contributed by atoms with E-state index in [9.17, 15) is 9.90 Å².